The summed E-state index contributed by atoms with van der Waals surface area (Å²) >= 11 is 1.88. The summed E-state index contributed by atoms with van der Waals surface area (Å²) in [4.78, 5) is 1.31. The molecule has 52 heavy (non-hydrogen) atoms. The summed E-state index contributed by atoms with van der Waals surface area (Å²) in [6, 6.07) is 72.7. The van der Waals surface area contributed by atoms with Crippen molar-refractivity contribution in [3.05, 3.63) is 200 Å². The number of benzene rings is 8. The molecule has 0 saturated heterocycles. The van der Waals surface area contributed by atoms with Crippen molar-refractivity contribution in [1.82, 2.24) is 4.57 Å². The molecule has 0 radical (unpaired) electrons. The van der Waals surface area contributed by atoms with E-state index in [9.17, 15) is 0 Å². The van der Waals surface area contributed by atoms with Crippen LogP contribution >= 0.6 is 11.3 Å². The number of hydrogen-bond acceptors (Lipinski definition) is 1. The Morgan fingerprint density at radius 2 is 0.731 bits per heavy atom. The first-order valence-electron chi connectivity index (χ1n) is 17.8. The molecule has 0 amide bonds. The SMILES string of the molecule is c1ccc(-c2ccc3c(c2)c2cc(-c4ccccc4)ccc2n3-c2ccc(-c3ccc4c(-c5ccccc5)c(-c5ccccc5)sc4c3)cc2)cc1. The highest BCUT2D eigenvalue weighted by Crippen LogP contribution is 2.46. The summed E-state index contributed by atoms with van der Waals surface area (Å²) < 4.78 is 3.71. The Labute approximate surface area is 307 Å². The van der Waals surface area contributed by atoms with Crippen LogP contribution < -0.4 is 0 Å². The lowest BCUT2D eigenvalue weighted by molar-refractivity contribution is 1.18. The largest absolute Gasteiger partial charge is 0.309 e. The average molecular weight is 680 g/mol. The highest BCUT2D eigenvalue weighted by Gasteiger charge is 2.18. The van der Waals surface area contributed by atoms with Gasteiger partial charge in [0.15, 0.2) is 0 Å². The van der Waals surface area contributed by atoms with Gasteiger partial charge in [-0.2, -0.15) is 0 Å². The Kier molecular flexibility index (Phi) is 7.41. The van der Waals surface area contributed by atoms with Crippen molar-refractivity contribution in [2.75, 3.05) is 0 Å². The third kappa shape index (κ3) is 5.24. The maximum absolute atomic E-state index is 2.42. The van der Waals surface area contributed by atoms with Crippen molar-refractivity contribution in [3.8, 4) is 60.6 Å². The van der Waals surface area contributed by atoms with Gasteiger partial charge in [0.05, 0.1) is 11.0 Å². The summed E-state index contributed by atoms with van der Waals surface area (Å²) in [5.41, 5.74) is 14.7. The number of rotatable bonds is 6. The van der Waals surface area contributed by atoms with E-state index in [2.05, 4.69) is 205 Å². The summed E-state index contributed by atoms with van der Waals surface area (Å²) in [6.45, 7) is 0. The van der Waals surface area contributed by atoms with Crippen LogP contribution in [0.1, 0.15) is 0 Å². The quantitative estimate of drug-likeness (QED) is 0.165. The van der Waals surface area contributed by atoms with Crippen LogP contribution in [0.2, 0.25) is 0 Å². The summed E-state index contributed by atoms with van der Waals surface area (Å²) in [5, 5.41) is 3.81. The molecular formula is C50H33NS. The molecule has 10 rings (SSSR count). The standard InChI is InChI=1S/C50H33NS/c1-5-13-34(14-6-1)39-24-29-46-44(31-39)45-32-40(35-15-7-2-8-16-35)25-30-47(45)51(46)42-26-21-36(22-27-42)41-23-28-43-48(33-41)52-50(38-19-11-4-12-20-38)49(43)37-17-9-3-10-18-37/h1-33H. The van der Waals surface area contributed by atoms with Crippen LogP contribution in [-0.2, 0) is 0 Å². The van der Waals surface area contributed by atoms with Crippen LogP contribution in [-0.4, -0.2) is 4.57 Å². The number of fused-ring (bicyclic) bond motifs is 4. The lowest BCUT2D eigenvalue weighted by Gasteiger charge is -2.10. The van der Waals surface area contributed by atoms with Crippen LogP contribution in [0.5, 0.6) is 0 Å². The molecule has 0 N–H and O–H groups in total. The molecule has 2 aromatic heterocycles. The van der Waals surface area contributed by atoms with Crippen molar-refractivity contribution in [2.24, 2.45) is 0 Å². The van der Waals surface area contributed by atoms with E-state index >= 15 is 0 Å². The minimum absolute atomic E-state index is 1.15. The summed E-state index contributed by atoms with van der Waals surface area (Å²) in [5.74, 6) is 0. The smallest absolute Gasteiger partial charge is 0.0541 e. The molecule has 2 heterocycles. The molecule has 0 atom stereocenters. The van der Waals surface area contributed by atoms with Gasteiger partial charge in [0.25, 0.3) is 0 Å². The van der Waals surface area contributed by atoms with Gasteiger partial charge in [0, 0.05) is 37.0 Å². The molecule has 0 aliphatic carbocycles. The zero-order chi connectivity index (χ0) is 34.4. The second-order valence-electron chi connectivity index (χ2n) is 13.3. The molecule has 0 aliphatic heterocycles. The molecule has 0 unspecified atom stereocenters. The molecule has 0 aliphatic rings. The number of aromatic nitrogens is 1. The second kappa shape index (κ2) is 12.7. The van der Waals surface area contributed by atoms with E-state index in [0.717, 1.165) is 5.69 Å². The molecule has 10 aromatic rings. The van der Waals surface area contributed by atoms with E-state index in [-0.39, 0.29) is 0 Å². The highest BCUT2D eigenvalue weighted by molar-refractivity contribution is 7.23. The fraction of sp³-hybridized carbons (Fsp3) is 0. The molecule has 8 aromatic carbocycles. The van der Waals surface area contributed by atoms with Crippen LogP contribution in [0.3, 0.4) is 0 Å². The lowest BCUT2D eigenvalue weighted by Crippen LogP contribution is -1.94. The van der Waals surface area contributed by atoms with Gasteiger partial charge < -0.3 is 4.57 Å². The van der Waals surface area contributed by atoms with E-state index in [1.54, 1.807) is 0 Å². The maximum atomic E-state index is 2.42. The maximum Gasteiger partial charge on any atom is 0.0541 e. The van der Waals surface area contributed by atoms with Crippen LogP contribution in [0.25, 0.3) is 92.5 Å². The van der Waals surface area contributed by atoms with Gasteiger partial charge >= 0.3 is 0 Å². The zero-order valence-electron chi connectivity index (χ0n) is 28.4. The van der Waals surface area contributed by atoms with Crippen molar-refractivity contribution in [1.29, 1.82) is 0 Å². The minimum Gasteiger partial charge on any atom is -0.309 e. The number of thiophene rings is 1. The fourth-order valence-electron chi connectivity index (χ4n) is 7.69. The average Bonchev–Trinajstić information content (AvgIpc) is 3.77. The lowest BCUT2D eigenvalue weighted by atomic mass is 9.97. The third-order valence-corrected chi connectivity index (χ3v) is 11.4. The van der Waals surface area contributed by atoms with Crippen molar-refractivity contribution < 1.29 is 0 Å². The Bertz CT molecular complexity index is 2750. The van der Waals surface area contributed by atoms with Crippen molar-refractivity contribution in [2.45, 2.75) is 0 Å². The van der Waals surface area contributed by atoms with E-state index < -0.39 is 0 Å². The van der Waals surface area contributed by atoms with Crippen LogP contribution in [0.15, 0.2) is 200 Å². The summed E-state index contributed by atoms with van der Waals surface area (Å²) in [7, 11) is 0. The molecule has 0 fully saturated rings. The predicted molar refractivity (Wildman–Crippen MR) is 223 cm³/mol. The third-order valence-electron chi connectivity index (χ3n) is 10.2. The second-order valence-corrected chi connectivity index (χ2v) is 14.4. The van der Waals surface area contributed by atoms with Gasteiger partial charge in [-0.25, -0.2) is 0 Å². The van der Waals surface area contributed by atoms with E-state index in [0.29, 0.717) is 0 Å². The van der Waals surface area contributed by atoms with Gasteiger partial charge in [-0.05, 0) is 87.0 Å². The van der Waals surface area contributed by atoms with Crippen molar-refractivity contribution >= 4 is 43.2 Å². The summed E-state index contributed by atoms with van der Waals surface area (Å²) in [6.07, 6.45) is 0. The minimum atomic E-state index is 1.15. The molecule has 0 bridgehead atoms. The monoisotopic (exact) mass is 679 g/mol. The normalized spacial score (nSPS) is 11.5. The first-order valence-corrected chi connectivity index (χ1v) is 18.6. The molecule has 0 spiro atoms. The molecule has 1 nitrogen and oxygen atoms in total. The van der Waals surface area contributed by atoms with Crippen LogP contribution in [0, 0.1) is 0 Å². The van der Waals surface area contributed by atoms with E-state index in [1.807, 2.05) is 11.3 Å². The topological polar surface area (TPSA) is 4.93 Å². The first-order chi connectivity index (χ1) is 25.8. The fourth-order valence-corrected chi connectivity index (χ4v) is 8.95. The van der Waals surface area contributed by atoms with Crippen molar-refractivity contribution in [3.63, 3.8) is 0 Å². The Hall–Kier alpha value is -6.48. The Morgan fingerprint density at radius 3 is 1.27 bits per heavy atom. The van der Waals surface area contributed by atoms with Gasteiger partial charge in [0.1, 0.15) is 0 Å². The Balaban J connectivity index is 1.09. The van der Waals surface area contributed by atoms with Gasteiger partial charge in [-0.1, -0.05) is 158 Å². The first kappa shape index (κ1) is 30.4. The number of nitrogens with zero attached hydrogens (tertiary/aromatic N) is 1. The van der Waals surface area contributed by atoms with Crippen LogP contribution in [0.4, 0.5) is 0 Å². The molecule has 0 saturated carbocycles. The predicted octanol–water partition coefficient (Wildman–Crippen LogP) is 14.3. The van der Waals surface area contributed by atoms with Gasteiger partial charge in [0.2, 0.25) is 0 Å². The molecule has 2 heteroatoms. The highest BCUT2D eigenvalue weighted by atomic mass is 32.1. The Morgan fingerprint density at radius 1 is 0.308 bits per heavy atom. The number of hydrogen-bond donors (Lipinski definition) is 0. The molecular weight excluding hydrogens is 647 g/mol. The molecule has 244 valence electrons. The van der Waals surface area contributed by atoms with E-state index in [1.165, 1.54) is 86.8 Å². The van der Waals surface area contributed by atoms with E-state index in [4.69, 9.17) is 0 Å². The zero-order valence-corrected chi connectivity index (χ0v) is 29.2. The van der Waals surface area contributed by atoms with Gasteiger partial charge in [-0.15, -0.1) is 11.3 Å². The van der Waals surface area contributed by atoms with Gasteiger partial charge in [-0.3, -0.25) is 0 Å².